The van der Waals surface area contributed by atoms with Crippen molar-refractivity contribution in [1.82, 2.24) is 4.90 Å². The van der Waals surface area contributed by atoms with Gasteiger partial charge >= 0.3 is 0 Å². The molecule has 2 N–H and O–H groups in total. The summed E-state index contributed by atoms with van der Waals surface area (Å²) in [5, 5.41) is 25.1. The molecule has 1 fully saturated rings. The van der Waals surface area contributed by atoms with E-state index in [1.165, 1.54) is 44.2 Å². The zero-order valence-electron chi connectivity index (χ0n) is 41.7. The Kier molecular flexibility index (Phi) is 20.4. The third kappa shape index (κ3) is 13.9. The van der Waals surface area contributed by atoms with Crippen LogP contribution in [0.25, 0.3) is 0 Å². The number of fused-ring (bicyclic) bond motifs is 2. The van der Waals surface area contributed by atoms with Gasteiger partial charge < -0.3 is 34.2 Å². The van der Waals surface area contributed by atoms with Gasteiger partial charge in [-0.3, -0.25) is 9.59 Å². The number of unbranched alkanes of at least 4 members (excludes halogenated alkanes) is 10. The van der Waals surface area contributed by atoms with Crippen LogP contribution in [0.15, 0.2) is 127 Å². The number of aldehydes is 1. The Morgan fingerprint density at radius 2 is 1.55 bits per heavy atom. The lowest BCUT2D eigenvalue weighted by atomic mass is 9.55. The number of benzene rings is 4. The second-order valence-electron chi connectivity index (χ2n) is 19.6. The molecule has 11 heteroatoms. The molecule has 6 atom stereocenters. The van der Waals surface area contributed by atoms with E-state index in [1.807, 2.05) is 59.5 Å². The van der Waals surface area contributed by atoms with Crippen LogP contribution in [-0.2, 0) is 27.5 Å². The average Bonchev–Trinajstić information content (AvgIpc) is 3.39. The number of nitrogens with zero attached hydrogens (tertiary/aromatic N) is 2. The summed E-state index contributed by atoms with van der Waals surface area (Å²) in [5.74, 6) is -0.935. The minimum absolute atomic E-state index is 0.00505. The fraction of sp³-hybridized carbons (Fsp3) is 0.483. The normalized spacial score (nSPS) is 21.6. The number of carbonyl (C=O) groups excluding carboxylic acids is 2. The molecule has 1 amide bonds. The highest BCUT2D eigenvalue weighted by atomic mass is 19.1. The van der Waals surface area contributed by atoms with E-state index in [9.17, 15) is 19.4 Å². The van der Waals surface area contributed by atoms with Gasteiger partial charge in [0.1, 0.15) is 42.0 Å². The van der Waals surface area contributed by atoms with Crippen molar-refractivity contribution in [3.63, 3.8) is 0 Å². The average molecular weight is 971 g/mol. The maximum Gasteiger partial charge on any atom is 0.239 e. The number of hydrogen-bond acceptors (Lipinski definition) is 9. The Morgan fingerprint density at radius 1 is 0.831 bits per heavy atom. The molecule has 10 nitrogen and oxygen atoms in total. The van der Waals surface area contributed by atoms with E-state index in [1.54, 1.807) is 36.4 Å². The summed E-state index contributed by atoms with van der Waals surface area (Å²) in [6.45, 7) is 7.02. The highest BCUT2D eigenvalue weighted by Crippen LogP contribution is 2.62. The number of aliphatic hydroxyl groups excluding tert-OH is 2. The topological polar surface area (TPSA) is 127 Å². The maximum atomic E-state index is 15.3. The van der Waals surface area contributed by atoms with Gasteiger partial charge in [0.25, 0.3) is 0 Å². The highest BCUT2D eigenvalue weighted by molar-refractivity contribution is 6.03. The van der Waals surface area contributed by atoms with Crippen LogP contribution >= 0.6 is 0 Å². The van der Waals surface area contributed by atoms with Crippen molar-refractivity contribution in [3.8, 4) is 17.2 Å². The SMILES string of the molecule is C=CCOC12Oc3ccc(Oc4cccc(C=O)c4)cc3C3C(CCCCO)C(CCCCO)C=C(C(=NOCc4ccccc4)CC1N(Cc1ccc(F)cc1)C(=O)CCCCCCCCCCC)C32. The van der Waals surface area contributed by atoms with Gasteiger partial charge in [-0.2, -0.15) is 0 Å². The molecule has 3 aliphatic rings. The van der Waals surface area contributed by atoms with Gasteiger partial charge in [-0.1, -0.05) is 143 Å². The largest absolute Gasteiger partial charge is 0.459 e. The van der Waals surface area contributed by atoms with Crippen LogP contribution < -0.4 is 9.47 Å². The molecule has 0 spiro atoms. The first-order chi connectivity index (χ1) is 34.8. The van der Waals surface area contributed by atoms with Crippen molar-refractivity contribution in [2.45, 2.75) is 147 Å². The predicted molar refractivity (Wildman–Crippen MR) is 277 cm³/mol. The Labute approximate surface area is 420 Å². The molecule has 0 bridgehead atoms. The van der Waals surface area contributed by atoms with E-state index in [0.29, 0.717) is 47.8 Å². The Bertz CT molecular complexity index is 2370. The monoisotopic (exact) mass is 971 g/mol. The number of aliphatic hydroxyl groups is 2. The molecule has 71 heavy (non-hydrogen) atoms. The van der Waals surface area contributed by atoms with Crippen molar-refractivity contribution in [2.24, 2.45) is 22.9 Å². The van der Waals surface area contributed by atoms with Crippen LogP contribution in [-0.4, -0.2) is 64.7 Å². The zero-order valence-corrected chi connectivity index (χ0v) is 41.7. The maximum absolute atomic E-state index is 15.3. The van der Waals surface area contributed by atoms with E-state index >= 15 is 4.79 Å². The van der Waals surface area contributed by atoms with E-state index in [4.69, 9.17) is 24.2 Å². The van der Waals surface area contributed by atoms with Gasteiger partial charge in [0, 0.05) is 49.6 Å². The van der Waals surface area contributed by atoms with Gasteiger partial charge in [0.05, 0.1) is 18.2 Å². The number of oxime groups is 1. The van der Waals surface area contributed by atoms with Crippen molar-refractivity contribution >= 4 is 17.9 Å². The second-order valence-corrected chi connectivity index (χ2v) is 19.6. The lowest BCUT2D eigenvalue weighted by Crippen LogP contribution is -2.70. The second kappa shape index (κ2) is 27.3. The van der Waals surface area contributed by atoms with Gasteiger partial charge in [-0.15, -0.1) is 6.58 Å². The van der Waals surface area contributed by atoms with Crippen LogP contribution in [0.1, 0.15) is 149 Å². The van der Waals surface area contributed by atoms with Crippen LogP contribution in [0.2, 0.25) is 0 Å². The molecular formula is C60H75FN2O8. The minimum atomic E-state index is -1.46. The first kappa shape index (κ1) is 53.2. The van der Waals surface area contributed by atoms with E-state index in [0.717, 1.165) is 79.9 Å². The number of amides is 1. The predicted octanol–water partition coefficient (Wildman–Crippen LogP) is 13.2. The first-order valence-electron chi connectivity index (χ1n) is 26.3. The summed E-state index contributed by atoms with van der Waals surface area (Å²) in [4.78, 5) is 35.2. The molecule has 0 radical (unpaired) electrons. The lowest BCUT2D eigenvalue weighted by molar-refractivity contribution is -0.258. The van der Waals surface area contributed by atoms with Crippen molar-refractivity contribution < 1.29 is 43.2 Å². The summed E-state index contributed by atoms with van der Waals surface area (Å²) in [7, 11) is 0. The molecule has 1 heterocycles. The third-order valence-electron chi connectivity index (χ3n) is 14.6. The Hall–Kier alpha value is -5.62. The summed E-state index contributed by atoms with van der Waals surface area (Å²) in [5.41, 5.74) is 4.78. The molecular weight excluding hydrogens is 896 g/mol. The van der Waals surface area contributed by atoms with Gasteiger partial charge in [-0.05, 0) is 103 Å². The lowest BCUT2D eigenvalue weighted by Gasteiger charge is -2.60. The molecule has 0 saturated heterocycles. The summed E-state index contributed by atoms with van der Waals surface area (Å²) >= 11 is 0. The Morgan fingerprint density at radius 3 is 2.27 bits per heavy atom. The molecule has 1 saturated carbocycles. The number of halogens is 1. The molecule has 6 unspecified atom stereocenters. The molecule has 0 aromatic heterocycles. The van der Waals surface area contributed by atoms with Crippen LogP contribution in [0.3, 0.4) is 0 Å². The smallest absolute Gasteiger partial charge is 0.239 e. The van der Waals surface area contributed by atoms with Gasteiger partial charge in [0.15, 0.2) is 0 Å². The van der Waals surface area contributed by atoms with Gasteiger partial charge in [-0.25, -0.2) is 4.39 Å². The fourth-order valence-electron chi connectivity index (χ4n) is 11.1. The van der Waals surface area contributed by atoms with Crippen molar-refractivity contribution in [3.05, 3.63) is 149 Å². The number of hydrogen-bond donors (Lipinski definition) is 2. The molecule has 1 aliphatic heterocycles. The fourth-order valence-corrected chi connectivity index (χ4v) is 11.1. The van der Waals surface area contributed by atoms with Crippen molar-refractivity contribution in [1.29, 1.82) is 0 Å². The molecule has 4 aromatic rings. The van der Waals surface area contributed by atoms with Crippen LogP contribution in [0.5, 0.6) is 17.2 Å². The van der Waals surface area contributed by atoms with E-state index < -0.39 is 17.7 Å². The van der Waals surface area contributed by atoms with Crippen LogP contribution in [0, 0.1) is 23.6 Å². The van der Waals surface area contributed by atoms with E-state index in [2.05, 4.69) is 19.6 Å². The van der Waals surface area contributed by atoms with Crippen molar-refractivity contribution in [2.75, 3.05) is 19.8 Å². The first-order valence-corrected chi connectivity index (χ1v) is 26.3. The zero-order chi connectivity index (χ0) is 49.8. The number of ether oxygens (including phenoxy) is 3. The van der Waals surface area contributed by atoms with Gasteiger partial charge in [0.2, 0.25) is 11.7 Å². The third-order valence-corrected chi connectivity index (χ3v) is 14.6. The van der Waals surface area contributed by atoms with Crippen LogP contribution in [0.4, 0.5) is 4.39 Å². The Balaban J connectivity index is 1.38. The standard InChI is InChI=1S/C60H75FN2O8/c1-3-5-6-7-8-9-10-11-15-27-57(67)63(41-44-28-30-48(61)31-29-44)56-40-54(62-69-43-45-21-13-12-14-22-45)52-38-47(24-16-18-34-64)51(26-17-19-35-65)58-53-39-50(70-49-25-20-23-46(37-49)42-66)32-33-55(53)71-60(56,59(52)58)68-36-4-2/h4,12-14,20-23,25,28-33,37-39,42,47,51,56,58-59,64-65H,2-3,5-11,15-19,24,26-27,34-36,40-41,43H2,1H3. The number of rotatable bonds is 30. The minimum Gasteiger partial charge on any atom is -0.459 e. The molecule has 2 aliphatic carbocycles. The quantitative estimate of drug-likeness (QED) is 0.0229. The molecule has 4 aromatic carbocycles. The summed E-state index contributed by atoms with van der Waals surface area (Å²) in [6.07, 6.45) is 19.9. The number of carbonyl (C=O) groups is 2. The number of allylic oxidation sites excluding steroid dienone is 1. The highest BCUT2D eigenvalue weighted by Gasteiger charge is 2.65. The molecule has 380 valence electrons. The van der Waals surface area contributed by atoms with E-state index in [-0.39, 0.29) is 68.9 Å². The summed E-state index contributed by atoms with van der Waals surface area (Å²) in [6, 6.07) is 28.4. The summed E-state index contributed by atoms with van der Waals surface area (Å²) < 4.78 is 35.7. The molecule has 7 rings (SSSR count).